The molecule has 1 aromatic heterocycles. The lowest BCUT2D eigenvalue weighted by Gasteiger charge is -2.26. The minimum atomic E-state index is -0.755. The Morgan fingerprint density at radius 3 is 2.64 bits per heavy atom. The Bertz CT molecular complexity index is 549. The number of hydrogen-bond donors (Lipinski definition) is 5. The highest BCUT2D eigenvalue weighted by Crippen LogP contribution is 2.39. The number of rotatable bonds is 14. The largest absolute Gasteiger partial charge is 0.481 e. The Hall–Kier alpha value is -1.41. The van der Waals surface area contributed by atoms with Crippen LogP contribution in [0.3, 0.4) is 0 Å². The molecule has 0 bridgehead atoms. The number of aryl methyl sites for hydroxylation is 1. The molecule has 160 valence electrons. The first kappa shape index (κ1) is 22.9. The van der Waals surface area contributed by atoms with E-state index in [0.717, 1.165) is 44.1 Å². The lowest BCUT2D eigenvalue weighted by atomic mass is 9.84. The van der Waals surface area contributed by atoms with Gasteiger partial charge in [-0.25, -0.2) is 5.48 Å². The van der Waals surface area contributed by atoms with Crippen LogP contribution in [0.1, 0.15) is 69.8 Å². The van der Waals surface area contributed by atoms with Crippen molar-refractivity contribution in [1.82, 2.24) is 5.48 Å². The van der Waals surface area contributed by atoms with Gasteiger partial charge in [0.15, 0.2) is 0 Å². The van der Waals surface area contributed by atoms with Gasteiger partial charge < -0.3 is 24.9 Å². The lowest BCUT2D eigenvalue weighted by molar-refractivity contribution is -0.137. The van der Waals surface area contributed by atoms with Crippen molar-refractivity contribution in [2.45, 2.75) is 88.9 Å². The van der Waals surface area contributed by atoms with Crippen LogP contribution in [0.4, 0.5) is 0 Å². The second-order valence-corrected chi connectivity index (χ2v) is 8.11. The number of aliphatic hydroxyl groups excluding tert-OH is 2. The second kappa shape index (κ2) is 12.2. The minimum absolute atomic E-state index is 0.102. The zero-order chi connectivity index (χ0) is 20.4. The molecule has 1 aromatic rings. The molecule has 0 amide bonds. The summed E-state index contributed by atoms with van der Waals surface area (Å²) in [6.45, 7) is 0. The van der Waals surface area contributed by atoms with E-state index in [9.17, 15) is 20.2 Å². The summed E-state index contributed by atoms with van der Waals surface area (Å²) in [5, 5.41) is 38.9. The fraction of sp³-hybridized carbons (Fsp3) is 0.762. The van der Waals surface area contributed by atoms with Gasteiger partial charge in [0.25, 0.3) is 0 Å². The number of hydrogen-bond acceptors (Lipinski definition) is 6. The van der Waals surface area contributed by atoms with E-state index < -0.39 is 18.2 Å². The molecule has 1 aliphatic carbocycles. The molecule has 1 saturated carbocycles. The molecular formula is C21H35NO6. The maximum Gasteiger partial charge on any atom is 0.303 e. The highest BCUT2D eigenvalue weighted by molar-refractivity contribution is 5.66. The van der Waals surface area contributed by atoms with Gasteiger partial charge in [0.1, 0.15) is 0 Å². The summed E-state index contributed by atoms with van der Waals surface area (Å²) in [5.41, 5.74) is 3.43. The molecule has 28 heavy (non-hydrogen) atoms. The lowest BCUT2D eigenvalue weighted by Crippen LogP contribution is -2.32. The summed E-state index contributed by atoms with van der Waals surface area (Å²) < 4.78 is 5.04. The van der Waals surface area contributed by atoms with Gasteiger partial charge in [-0.3, -0.25) is 4.79 Å². The van der Waals surface area contributed by atoms with E-state index >= 15 is 0 Å². The quantitative estimate of drug-likeness (QED) is 0.241. The molecule has 5 atom stereocenters. The van der Waals surface area contributed by atoms with Gasteiger partial charge >= 0.3 is 5.97 Å². The van der Waals surface area contributed by atoms with Gasteiger partial charge in [-0.05, 0) is 68.4 Å². The molecule has 2 rings (SSSR count). The van der Waals surface area contributed by atoms with Crippen LogP contribution in [0.15, 0.2) is 23.0 Å². The number of aliphatic hydroxyl groups is 2. The van der Waals surface area contributed by atoms with Gasteiger partial charge in [-0.2, -0.15) is 0 Å². The van der Waals surface area contributed by atoms with Crippen molar-refractivity contribution < 1.29 is 29.7 Å². The fourth-order valence-corrected chi connectivity index (χ4v) is 4.47. The standard InChI is InChI=1S/C21H35NO6/c23-16(8-7-15-11-12-28-14-15)9-10-17-18(20(24)13-19(17)22-27)5-3-1-2-4-6-21(25)26/h11-12,14,16-20,22-24,27H,1-10,13H2,(H,25,26). The highest BCUT2D eigenvalue weighted by Gasteiger charge is 2.41. The molecule has 7 nitrogen and oxygen atoms in total. The molecule has 0 saturated heterocycles. The van der Waals surface area contributed by atoms with Crippen LogP contribution >= 0.6 is 0 Å². The van der Waals surface area contributed by atoms with E-state index in [1.54, 1.807) is 12.5 Å². The Balaban J connectivity index is 1.73. The van der Waals surface area contributed by atoms with Gasteiger partial charge in [0, 0.05) is 12.5 Å². The van der Waals surface area contributed by atoms with E-state index in [1.165, 1.54) is 0 Å². The van der Waals surface area contributed by atoms with Crippen LogP contribution in [0.25, 0.3) is 0 Å². The summed E-state index contributed by atoms with van der Waals surface area (Å²) in [4.78, 5) is 10.5. The molecule has 0 radical (unpaired) electrons. The number of furan rings is 1. The van der Waals surface area contributed by atoms with Crippen LogP contribution in [-0.2, 0) is 11.2 Å². The van der Waals surface area contributed by atoms with Crippen LogP contribution in [0.2, 0.25) is 0 Å². The molecule has 7 heteroatoms. The Labute approximate surface area is 166 Å². The molecule has 1 fully saturated rings. The van der Waals surface area contributed by atoms with Crippen LogP contribution in [0.5, 0.6) is 0 Å². The summed E-state index contributed by atoms with van der Waals surface area (Å²) >= 11 is 0. The molecule has 1 aliphatic rings. The van der Waals surface area contributed by atoms with E-state index in [-0.39, 0.29) is 24.3 Å². The molecular weight excluding hydrogens is 362 g/mol. The van der Waals surface area contributed by atoms with Crippen molar-refractivity contribution in [3.63, 3.8) is 0 Å². The number of carbonyl (C=O) groups is 1. The molecule has 0 aliphatic heterocycles. The third-order valence-electron chi connectivity index (χ3n) is 6.08. The highest BCUT2D eigenvalue weighted by atomic mass is 16.5. The second-order valence-electron chi connectivity index (χ2n) is 8.11. The van der Waals surface area contributed by atoms with Crippen LogP contribution in [0, 0.1) is 11.8 Å². The molecule has 1 heterocycles. The molecule has 5 N–H and O–H groups in total. The molecule has 5 unspecified atom stereocenters. The summed E-state index contributed by atoms with van der Waals surface area (Å²) in [5.74, 6) is -0.526. The smallest absolute Gasteiger partial charge is 0.303 e. The zero-order valence-electron chi connectivity index (χ0n) is 16.5. The van der Waals surface area contributed by atoms with Crippen molar-refractivity contribution in [2.75, 3.05) is 0 Å². The maximum atomic E-state index is 10.5. The first-order chi connectivity index (χ1) is 13.5. The number of nitrogens with one attached hydrogen (secondary N) is 1. The van der Waals surface area contributed by atoms with Gasteiger partial charge in [0.05, 0.1) is 24.7 Å². The summed E-state index contributed by atoms with van der Waals surface area (Å²) in [7, 11) is 0. The van der Waals surface area contributed by atoms with E-state index in [1.807, 2.05) is 6.07 Å². The number of hydroxylamine groups is 1. The number of carboxylic acid groups (broad SMARTS) is 1. The van der Waals surface area contributed by atoms with Crippen molar-refractivity contribution in [3.8, 4) is 0 Å². The summed E-state index contributed by atoms with van der Waals surface area (Å²) in [6.07, 6.45) is 10.4. The van der Waals surface area contributed by atoms with E-state index in [4.69, 9.17) is 9.52 Å². The number of carboxylic acids is 1. The predicted octanol–water partition coefficient (Wildman–Crippen LogP) is 3.12. The van der Waals surface area contributed by atoms with Crippen molar-refractivity contribution in [2.24, 2.45) is 11.8 Å². The van der Waals surface area contributed by atoms with Crippen LogP contribution < -0.4 is 5.48 Å². The van der Waals surface area contributed by atoms with Gasteiger partial charge in [0.2, 0.25) is 0 Å². The van der Waals surface area contributed by atoms with Gasteiger partial charge in [-0.15, -0.1) is 0 Å². The van der Waals surface area contributed by atoms with Crippen LogP contribution in [-0.4, -0.2) is 44.7 Å². The Morgan fingerprint density at radius 2 is 1.96 bits per heavy atom. The fourth-order valence-electron chi connectivity index (χ4n) is 4.47. The third kappa shape index (κ3) is 7.54. The third-order valence-corrected chi connectivity index (χ3v) is 6.08. The number of aliphatic carboxylic acids is 1. The van der Waals surface area contributed by atoms with E-state index in [0.29, 0.717) is 25.7 Å². The first-order valence-electron chi connectivity index (χ1n) is 10.5. The van der Waals surface area contributed by atoms with E-state index in [2.05, 4.69) is 5.48 Å². The number of unbranched alkanes of at least 4 members (excludes halogenated alkanes) is 3. The Kier molecular flexibility index (Phi) is 9.98. The SMILES string of the molecule is O=C(O)CCCCCCC1C(O)CC(NO)C1CCC(O)CCc1ccoc1. The van der Waals surface area contributed by atoms with Crippen molar-refractivity contribution >= 4 is 5.97 Å². The minimum Gasteiger partial charge on any atom is -0.481 e. The first-order valence-corrected chi connectivity index (χ1v) is 10.5. The van der Waals surface area contributed by atoms with Gasteiger partial charge in [-0.1, -0.05) is 19.3 Å². The molecule has 0 aromatic carbocycles. The van der Waals surface area contributed by atoms with Crippen molar-refractivity contribution in [3.05, 3.63) is 24.2 Å². The Morgan fingerprint density at radius 1 is 1.18 bits per heavy atom. The zero-order valence-corrected chi connectivity index (χ0v) is 16.5. The predicted molar refractivity (Wildman–Crippen MR) is 104 cm³/mol. The average molecular weight is 398 g/mol. The molecule has 0 spiro atoms. The topological polar surface area (TPSA) is 123 Å². The maximum absolute atomic E-state index is 10.5. The normalized spacial score (nSPS) is 25.8. The average Bonchev–Trinajstić information content (AvgIpc) is 3.28. The summed E-state index contributed by atoms with van der Waals surface area (Å²) in [6, 6.07) is 1.76. The monoisotopic (exact) mass is 397 g/mol. The van der Waals surface area contributed by atoms with Crippen molar-refractivity contribution in [1.29, 1.82) is 0 Å².